The molecule has 0 unspecified atom stereocenters. The van der Waals surface area contributed by atoms with Crippen molar-refractivity contribution in [2.24, 2.45) is 0 Å². The number of hydrogen-bond donors (Lipinski definition) is 0. The Bertz CT molecular complexity index is 1940. The number of nitrogens with zero attached hydrogens (tertiary/aromatic N) is 3. The summed E-state index contributed by atoms with van der Waals surface area (Å²) in [5.74, 6) is 0.634. The molecule has 2 heterocycles. The van der Waals surface area contributed by atoms with Gasteiger partial charge in [0.25, 0.3) is 0 Å². The number of aryl methyl sites for hydroxylation is 2. The minimum absolute atomic E-state index is 0.634. The zero-order valence-electron chi connectivity index (χ0n) is 21.7. The summed E-state index contributed by atoms with van der Waals surface area (Å²) in [6.07, 6.45) is 0. The largest absolute Gasteiger partial charge is 0.436 e. The third kappa shape index (κ3) is 4.16. The Morgan fingerprint density at radius 3 is 1.74 bits per heavy atom. The number of aromatic nitrogens is 3. The summed E-state index contributed by atoms with van der Waals surface area (Å²) in [5, 5.41) is 0. The molecule has 0 saturated heterocycles. The number of fused-ring (bicyclic) bond motifs is 2. The summed E-state index contributed by atoms with van der Waals surface area (Å²) >= 11 is 0. The van der Waals surface area contributed by atoms with E-state index in [9.17, 15) is 0 Å². The highest BCUT2D eigenvalue weighted by Gasteiger charge is 2.17. The van der Waals surface area contributed by atoms with Crippen LogP contribution in [-0.2, 0) is 0 Å². The second-order valence-electron chi connectivity index (χ2n) is 9.82. The van der Waals surface area contributed by atoms with Gasteiger partial charge in [-0.25, -0.2) is 15.0 Å². The van der Waals surface area contributed by atoms with Gasteiger partial charge in [-0.1, -0.05) is 72.8 Å². The van der Waals surface area contributed by atoms with Crippen LogP contribution in [0.15, 0.2) is 120 Å². The lowest BCUT2D eigenvalue weighted by Crippen LogP contribution is -1.98. The van der Waals surface area contributed by atoms with Gasteiger partial charge in [0.2, 0.25) is 5.89 Å². The molecule has 4 nitrogen and oxygen atoms in total. The molecule has 0 aliphatic heterocycles. The molecule has 0 aliphatic carbocycles. The second-order valence-corrected chi connectivity index (χ2v) is 9.82. The van der Waals surface area contributed by atoms with Crippen LogP contribution in [0.4, 0.5) is 0 Å². The monoisotopic (exact) mass is 503 g/mol. The number of rotatable bonds is 4. The molecule has 0 N–H and O–H groups in total. The summed E-state index contributed by atoms with van der Waals surface area (Å²) in [6.45, 7) is 4.31. The highest BCUT2D eigenvalue weighted by molar-refractivity contribution is 5.88. The molecule has 4 heteroatoms. The normalized spacial score (nSPS) is 11.3. The molecule has 7 aromatic rings. The molecular formula is C35H25N3O. The molecule has 0 radical (unpaired) electrons. The van der Waals surface area contributed by atoms with Crippen molar-refractivity contribution < 1.29 is 4.42 Å². The lowest BCUT2D eigenvalue weighted by atomic mass is 9.92. The van der Waals surface area contributed by atoms with Crippen molar-refractivity contribution in [3.8, 4) is 45.1 Å². The Kier molecular flexibility index (Phi) is 5.52. The molecule has 186 valence electrons. The standard InChI is InChI=1S/C35H25N3O/c1-22-21-28(34-33(25-10-4-3-5-11-25)36-29-12-6-7-13-30(29)37-34)23(2)20-27(22)24-16-18-26(19-17-24)35-38-31-14-8-9-15-32(31)39-35/h3-21H,1-2H3. The lowest BCUT2D eigenvalue weighted by Gasteiger charge is -2.16. The van der Waals surface area contributed by atoms with E-state index in [1.807, 2.05) is 66.7 Å². The molecule has 39 heavy (non-hydrogen) atoms. The molecular weight excluding hydrogens is 478 g/mol. The molecule has 5 aromatic carbocycles. The number of oxazole rings is 1. The quantitative estimate of drug-likeness (QED) is 0.240. The summed E-state index contributed by atoms with van der Waals surface area (Å²) in [7, 11) is 0. The van der Waals surface area contributed by atoms with Gasteiger partial charge in [-0.3, -0.25) is 0 Å². The van der Waals surface area contributed by atoms with E-state index >= 15 is 0 Å². The van der Waals surface area contributed by atoms with E-state index in [0.29, 0.717) is 5.89 Å². The maximum atomic E-state index is 5.96. The molecule has 0 amide bonds. The van der Waals surface area contributed by atoms with Gasteiger partial charge < -0.3 is 4.42 Å². The van der Waals surface area contributed by atoms with E-state index in [1.54, 1.807) is 0 Å². The van der Waals surface area contributed by atoms with Crippen molar-refractivity contribution in [2.45, 2.75) is 13.8 Å². The maximum Gasteiger partial charge on any atom is 0.227 e. The average molecular weight is 504 g/mol. The molecule has 2 aromatic heterocycles. The maximum absolute atomic E-state index is 5.96. The smallest absolute Gasteiger partial charge is 0.227 e. The summed E-state index contributed by atoms with van der Waals surface area (Å²) in [4.78, 5) is 14.8. The zero-order chi connectivity index (χ0) is 26.3. The van der Waals surface area contributed by atoms with Crippen molar-refractivity contribution in [3.63, 3.8) is 0 Å². The predicted octanol–water partition coefficient (Wildman–Crippen LogP) is 9.06. The van der Waals surface area contributed by atoms with Crippen molar-refractivity contribution in [1.82, 2.24) is 15.0 Å². The first-order valence-corrected chi connectivity index (χ1v) is 13.0. The van der Waals surface area contributed by atoms with Gasteiger partial charge in [-0.15, -0.1) is 0 Å². The Hall–Kier alpha value is -5.09. The Balaban J connectivity index is 1.30. The minimum Gasteiger partial charge on any atom is -0.436 e. The minimum atomic E-state index is 0.634. The average Bonchev–Trinajstić information content (AvgIpc) is 3.43. The fourth-order valence-corrected chi connectivity index (χ4v) is 5.16. The Morgan fingerprint density at radius 2 is 1.03 bits per heavy atom. The fraction of sp³-hybridized carbons (Fsp3) is 0.0571. The van der Waals surface area contributed by atoms with Crippen LogP contribution < -0.4 is 0 Å². The SMILES string of the molecule is Cc1cc(-c2nc3ccccc3nc2-c2ccccc2)c(C)cc1-c1ccc(-c2nc3ccccc3o2)cc1. The number of para-hydroxylation sites is 4. The van der Waals surface area contributed by atoms with Crippen LogP contribution in [0.1, 0.15) is 11.1 Å². The molecule has 0 bridgehead atoms. The fourth-order valence-electron chi connectivity index (χ4n) is 5.16. The van der Waals surface area contributed by atoms with E-state index in [1.165, 1.54) is 11.1 Å². The van der Waals surface area contributed by atoms with E-state index < -0.39 is 0 Å². The first-order valence-electron chi connectivity index (χ1n) is 13.0. The first-order chi connectivity index (χ1) is 19.1. The molecule has 0 atom stereocenters. The molecule has 0 aliphatic rings. The van der Waals surface area contributed by atoms with Crippen molar-refractivity contribution in [2.75, 3.05) is 0 Å². The van der Waals surface area contributed by atoms with Crippen LogP contribution in [0, 0.1) is 13.8 Å². The van der Waals surface area contributed by atoms with Gasteiger partial charge in [0.15, 0.2) is 5.58 Å². The van der Waals surface area contributed by atoms with Gasteiger partial charge in [-0.05, 0) is 78.6 Å². The van der Waals surface area contributed by atoms with E-state index in [-0.39, 0.29) is 0 Å². The zero-order valence-corrected chi connectivity index (χ0v) is 21.7. The van der Waals surface area contributed by atoms with Gasteiger partial charge in [0, 0.05) is 16.7 Å². The lowest BCUT2D eigenvalue weighted by molar-refractivity contribution is 0.620. The molecule has 0 spiro atoms. The van der Waals surface area contributed by atoms with Crippen LogP contribution in [0.25, 0.3) is 67.2 Å². The van der Waals surface area contributed by atoms with Crippen LogP contribution in [0.2, 0.25) is 0 Å². The van der Waals surface area contributed by atoms with Crippen LogP contribution in [0.5, 0.6) is 0 Å². The predicted molar refractivity (Wildman–Crippen MR) is 158 cm³/mol. The van der Waals surface area contributed by atoms with E-state index in [4.69, 9.17) is 14.4 Å². The first kappa shape index (κ1) is 23.1. The van der Waals surface area contributed by atoms with E-state index in [0.717, 1.165) is 61.3 Å². The van der Waals surface area contributed by atoms with Crippen LogP contribution >= 0.6 is 0 Å². The summed E-state index contributed by atoms with van der Waals surface area (Å²) in [6, 6.07) is 39.1. The summed E-state index contributed by atoms with van der Waals surface area (Å²) in [5.41, 5.74) is 13.0. The number of benzene rings is 5. The summed E-state index contributed by atoms with van der Waals surface area (Å²) < 4.78 is 5.96. The Morgan fingerprint density at radius 1 is 0.462 bits per heavy atom. The molecule has 0 fully saturated rings. The molecule has 0 saturated carbocycles. The number of hydrogen-bond acceptors (Lipinski definition) is 4. The van der Waals surface area contributed by atoms with Crippen molar-refractivity contribution in [1.29, 1.82) is 0 Å². The van der Waals surface area contributed by atoms with Gasteiger partial charge in [0.05, 0.1) is 22.4 Å². The highest BCUT2D eigenvalue weighted by Crippen LogP contribution is 2.37. The van der Waals surface area contributed by atoms with Crippen LogP contribution in [-0.4, -0.2) is 15.0 Å². The topological polar surface area (TPSA) is 51.8 Å². The van der Waals surface area contributed by atoms with Crippen molar-refractivity contribution in [3.05, 3.63) is 126 Å². The van der Waals surface area contributed by atoms with E-state index in [2.05, 4.69) is 67.4 Å². The van der Waals surface area contributed by atoms with Gasteiger partial charge >= 0.3 is 0 Å². The third-order valence-electron chi connectivity index (χ3n) is 7.18. The molecule has 7 rings (SSSR count). The third-order valence-corrected chi connectivity index (χ3v) is 7.18. The van der Waals surface area contributed by atoms with Crippen LogP contribution in [0.3, 0.4) is 0 Å². The van der Waals surface area contributed by atoms with Gasteiger partial charge in [-0.2, -0.15) is 0 Å². The second kappa shape index (κ2) is 9.34. The van der Waals surface area contributed by atoms with Gasteiger partial charge in [0.1, 0.15) is 5.52 Å². The van der Waals surface area contributed by atoms with Crippen molar-refractivity contribution >= 4 is 22.1 Å². The Labute approximate surface area is 226 Å². The highest BCUT2D eigenvalue weighted by atomic mass is 16.3.